The highest BCUT2D eigenvalue weighted by Crippen LogP contribution is 1.89. The molecular formula is C4H12I4N2. The second-order valence-electron chi connectivity index (χ2n) is 1.73. The summed E-state index contributed by atoms with van der Waals surface area (Å²) in [7, 11) is 0. The molecule has 1 aliphatic rings. The Hall–Kier alpha value is 2.84. The van der Waals surface area contributed by atoms with Crippen LogP contribution in [0.4, 0.5) is 0 Å². The molecule has 4 N–H and O–H groups in total. The molecule has 0 aromatic carbocycles. The van der Waals surface area contributed by atoms with Crippen molar-refractivity contribution in [3.8, 4) is 0 Å². The van der Waals surface area contributed by atoms with Crippen LogP contribution in [-0.4, -0.2) is 26.2 Å². The van der Waals surface area contributed by atoms with Gasteiger partial charge >= 0.3 is 0 Å². The van der Waals surface area contributed by atoms with Crippen LogP contribution in [0.15, 0.2) is 0 Å². The number of rotatable bonds is 0. The number of halogens is 4. The first-order chi connectivity index (χ1) is 4.00. The van der Waals surface area contributed by atoms with Gasteiger partial charge in [-0.1, -0.05) is 0 Å². The summed E-state index contributed by atoms with van der Waals surface area (Å²) in [5, 5.41) is 4.72. The number of hydrogen-bond donors (Lipinski definition) is 2. The molecule has 2 nitrogen and oxygen atoms in total. The van der Waals surface area contributed by atoms with Gasteiger partial charge in [-0.25, -0.2) is 0 Å². The van der Waals surface area contributed by atoms with Gasteiger partial charge in [0.2, 0.25) is 0 Å². The van der Waals surface area contributed by atoms with Crippen molar-refractivity contribution in [3.05, 3.63) is 0 Å². The van der Waals surface area contributed by atoms with Crippen molar-refractivity contribution < 1.29 is 58.6 Å². The fourth-order valence-corrected chi connectivity index (χ4v) is 0.760. The lowest BCUT2D eigenvalue weighted by Gasteiger charge is -2.04. The Morgan fingerprint density at radius 2 is 0.900 bits per heavy atom. The van der Waals surface area contributed by atoms with Crippen LogP contribution in [0.3, 0.4) is 0 Å². The van der Waals surface area contributed by atoms with E-state index in [4.69, 9.17) is 0 Å². The first-order valence-electron chi connectivity index (χ1n) is 2.78. The maximum absolute atomic E-state index is 2.36. The summed E-state index contributed by atoms with van der Waals surface area (Å²) in [5.41, 5.74) is 0. The lowest BCUT2D eigenvalue weighted by Crippen LogP contribution is -3.04. The van der Waals surface area contributed by atoms with Gasteiger partial charge in [0.1, 0.15) is 26.2 Å². The number of quaternary nitrogens is 2. The van der Waals surface area contributed by atoms with Crippen molar-refractivity contribution >= 4 is 37.2 Å². The average molecular weight is 596 g/mol. The molecule has 6 heteroatoms. The van der Waals surface area contributed by atoms with E-state index in [1.807, 2.05) is 0 Å². The highest BCUT2D eigenvalue weighted by Gasteiger charge is 1.99. The summed E-state index contributed by atoms with van der Waals surface area (Å²) >= 11 is 4.24. The van der Waals surface area contributed by atoms with Gasteiger partial charge < -0.3 is 58.6 Å². The lowest BCUT2D eigenvalue weighted by atomic mass is 10.4. The normalized spacial score (nSPS) is 15.0. The Labute approximate surface area is 120 Å². The zero-order valence-corrected chi connectivity index (χ0v) is 14.1. The molecule has 0 aliphatic carbocycles. The van der Waals surface area contributed by atoms with Gasteiger partial charge in [0, 0.05) is 37.2 Å². The average Bonchev–Trinajstić information content (AvgIpc) is 1.96. The Bertz CT molecular complexity index is 30.7. The quantitative estimate of drug-likeness (QED) is 0.261. The highest BCUT2D eigenvalue weighted by molar-refractivity contribution is 15.0. The molecule has 0 unspecified atom stereocenters. The number of nitrogens with two attached hydrogens (primary N) is 2. The molecule has 0 aromatic rings. The van der Waals surface area contributed by atoms with Crippen LogP contribution in [0.2, 0.25) is 0 Å². The second-order valence-corrected chi connectivity index (χ2v) is 1.73. The molecule has 0 bridgehead atoms. The minimum Gasteiger partial charge on any atom is -1.00 e. The van der Waals surface area contributed by atoms with E-state index in [1.165, 1.54) is 26.2 Å². The maximum Gasteiger partial charge on any atom is 0.125 e. The minimum atomic E-state index is 0. The maximum atomic E-state index is 2.36. The zero-order chi connectivity index (χ0) is 6.24. The van der Waals surface area contributed by atoms with Gasteiger partial charge in [0.15, 0.2) is 0 Å². The fraction of sp³-hybridized carbons (Fsp3) is 1.00. The van der Waals surface area contributed by atoms with Crippen LogP contribution >= 0.6 is 37.2 Å². The summed E-state index contributed by atoms with van der Waals surface area (Å²) in [5.74, 6) is 0. The molecular weight excluding hydrogens is 584 g/mol. The van der Waals surface area contributed by atoms with E-state index in [2.05, 4.69) is 47.9 Å². The summed E-state index contributed by atoms with van der Waals surface area (Å²) < 4.78 is 0. The predicted molar refractivity (Wildman–Crippen MR) is 51.4 cm³/mol. The van der Waals surface area contributed by atoms with E-state index in [0.717, 1.165) is 0 Å². The van der Waals surface area contributed by atoms with Crippen LogP contribution < -0.4 is 58.6 Å². The van der Waals surface area contributed by atoms with Gasteiger partial charge in [-0.3, -0.25) is 0 Å². The molecule has 1 fully saturated rings. The lowest BCUT2D eigenvalue weighted by molar-refractivity contribution is -0.787. The zero-order valence-electron chi connectivity index (χ0n) is 5.49. The Kier molecular flexibility index (Phi) is 33.1. The summed E-state index contributed by atoms with van der Waals surface area (Å²) in [6.45, 7) is 5.28. The van der Waals surface area contributed by atoms with E-state index >= 15 is 0 Å². The molecule has 0 amide bonds. The van der Waals surface area contributed by atoms with Crippen molar-refractivity contribution in [1.82, 2.24) is 0 Å². The van der Waals surface area contributed by atoms with E-state index in [-0.39, 0.29) is 48.0 Å². The highest BCUT2D eigenvalue weighted by atomic mass is 128. The van der Waals surface area contributed by atoms with E-state index < -0.39 is 0 Å². The third kappa shape index (κ3) is 13.4. The molecule has 0 radical (unpaired) electrons. The monoisotopic (exact) mass is 596 g/mol. The summed E-state index contributed by atoms with van der Waals surface area (Å²) in [4.78, 5) is 0. The third-order valence-electron chi connectivity index (χ3n) is 1.15. The van der Waals surface area contributed by atoms with E-state index in [0.29, 0.717) is 0 Å². The Balaban J connectivity index is -0.000000114. The molecule has 1 saturated heterocycles. The Morgan fingerprint density at radius 1 is 0.700 bits per heavy atom. The largest absolute Gasteiger partial charge is 1.00 e. The topological polar surface area (TPSA) is 33.2 Å². The molecule has 66 valence electrons. The van der Waals surface area contributed by atoms with Crippen LogP contribution in [-0.2, 0) is 0 Å². The molecule has 1 aliphatic heterocycles. The van der Waals surface area contributed by atoms with Crippen molar-refractivity contribution in [1.29, 1.82) is 0 Å². The van der Waals surface area contributed by atoms with Gasteiger partial charge in [-0.15, -0.1) is 0 Å². The standard InChI is InChI=1S/C4H10N2.I2.2HI/c1-2-6-4-3-5-1;1-2;;/h5-6H,1-4H2;;2*1H. The van der Waals surface area contributed by atoms with Crippen LogP contribution in [0.1, 0.15) is 0 Å². The first-order valence-corrected chi connectivity index (χ1v) is 9.06. The second kappa shape index (κ2) is 17.8. The first kappa shape index (κ1) is 18.6. The van der Waals surface area contributed by atoms with Crippen molar-refractivity contribution in [3.63, 3.8) is 0 Å². The van der Waals surface area contributed by atoms with E-state index in [9.17, 15) is 0 Å². The van der Waals surface area contributed by atoms with Crippen LogP contribution in [0.5, 0.6) is 0 Å². The summed E-state index contributed by atoms with van der Waals surface area (Å²) in [6, 6.07) is 0. The summed E-state index contributed by atoms with van der Waals surface area (Å²) in [6.07, 6.45) is 0. The molecule has 0 aromatic heterocycles. The van der Waals surface area contributed by atoms with Gasteiger partial charge in [-0.2, -0.15) is 0 Å². The third-order valence-corrected chi connectivity index (χ3v) is 1.15. The number of hydrogen-bond acceptors (Lipinski definition) is 0. The molecule has 0 spiro atoms. The molecule has 10 heavy (non-hydrogen) atoms. The Morgan fingerprint density at radius 3 is 1.00 bits per heavy atom. The van der Waals surface area contributed by atoms with Gasteiger partial charge in [-0.05, 0) is 0 Å². The van der Waals surface area contributed by atoms with Gasteiger partial charge in [0.05, 0.1) is 0 Å². The molecule has 0 saturated carbocycles. The number of piperazine rings is 1. The molecule has 1 rings (SSSR count). The predicted octanol–water partition coefficient (Wildman–Crippen LogP) is -7.09. The molecule has 1 heterocycles. The SMILES string of the molecule is C1C[NH2+]CC[NH2+]1.II.[I-].[I-]. The minimum absolute atomic E-state index is 0. The van der Waals surface area contributed by atoms with Crippen molar-refractivity contribution in [2.45, 2.75) is 0 Å². The van der Waals surface area contributed by atoms with E-state index in [1.54, 1.807) is 0 Å². The fourth-order valence-electron chi connectivity index (χ4n) is 0.760. The van der Waals surface area contributed by atoms with Crippen molar-refractivity contribution in [2.75, 3.05) is 26.2 Å². The van der Waals surface area contributed by atoms with Crippen LogP contribution in [0, 0.1) is 0 Å². The smallest absolute Gasteiger partial charge is 0.125 e. The van der Waals surface area contributed by atoms with Crippen LogP contribution in [0.25, 0.3) is 0 Å². The van der Waals surface area contributed by atoms with Gasteiger partial charge in [0.25, 0.3) is 0 Å². The van der Waals surface area contributed by atoms with Crippen molar-refractivity contribution in [2.24, 2.45) is 0 Å². The molecule has 0 atom stereocenters.